The van der Waals surface area contributed by atoms with Crippen LogP contribution in [0, 0.1) is 5.92 Å². The fourth-order valence-corrected chi connectivity index (χ4v) is 3.07. The number of carbonyl (C=O) groups excluding carboxylic acids is 2. The van der Waals surface area contributed by atoms with Crippen LogP contribution in [-0.4, -0.2) is 26.5 Å². The quantitative estimate of drug-likeness (QED) is 0.717. The minimum absolute atomic E-state index is 0.0586. The lowest BCUT2D eigenvalue weighted by atomic mass is 9.99. The van der Waals surface area contributed by atoms with E-state index in [-0.39, 0.29) is 16.9 Å². The third kappa shape index (κ3) is 6.31. The van der Waals surface area contributed by atoms with Crippen LogP contribution >= 0.6 is 0 Å². The van der Waals surface area contributed by atoms with Crippen molar-refractivity contribution in [2.75, 3.05) is 6.26 Å². The second-order valence-electron chi connectivity index (χ2n) is 6.54. The van der Waals surface area contributed by atoms with Crippen LogP contribution in [-0.2, 0) is 27.2 Å². The number of hydrogen-bond donors (Lipinski definition) is 2. The molecule has 0 spiro atoms. The fraction of sp³-hybridized carbons (Fsp3) is 0.263. The summed E-state index contributed by atoms with van der Waals surface area (Å²) in [5.74, 6) is -1.77. The van der Waals surface area contributed by atoms with E-state index in [0.717, 1.165) is 18.4 Å². The van der Waals surface area contributed by atoms with Gasteiger partial charge in [-0.1, -0.05) is 19.1 Å². The molecule has 6 nitrogen and oxygen atoms in total. The highest BCUT2D eigenvalue weighted by molar-refractivity contribution is 7.90. The number of hydrogen-bond acceptors (Lipinski definition) is 4. The molecule has 0 saturated carbocycles. The van der Waals surface area contributed by atoms with E-state index in [2.05, 4.69) is 10.9 Å². The third-order valence-corrected chi connectivity index (χ3v) is 5.24. The molecule has 0 aliphatic rings. The Bertz CT molecular complexity index is 986. The minimum atomic E-state index is -4.43. The first-order valence-corrected chi connectivity index (χ1v) is 10.3. The lowest BCUT2D eigenvalue weighted by Crippen LogP contribution is -2.44. The Hall–Kier alpha value is -2.88. The van der Waals surface area contributed by atoms with Crippen LogP contribution in [0.15, 0.2) is 53.4 Å². The van der Waals surface area contributed by atoms with Crippen molar-refractivity contribution in [3.63, 3.8) is 0 Å². The molecule has 2 rings (SSSR count). The molecule has 2 amide bonds. The van der Waals surface area contributed by atoms with Gasteiger partial charge in [-0.25, -0.2) is 8.42 Å². The number of sulfone groups is 1. The van der Waals surface area contributed by atoms with Gasteiger partial charge in [-0.15, -0.1) is 0 Å². The van der Waals surface area contributed by atoms with Crippen molar-refractivity contribution in [3.8, 4) is 0 Å². The molecule has 0 fully saturated rings. The van der Waals surface area contributed by atoms with Gasteiger partial charge < -0.3 is 0 Å². The Morgan fingerprint density at radius 2 is 1.52 bits per heavy atom. The molecule has 0 aliphatic heterocycles. The van der Waals surface area contributed by atoms with E-state index in [4.69, 9.17) is 0 Å². The fourth-order valence-electron chi connectivity index (χ4n) is 2.44. The zero-order valence-corrected chi connectivity index (χ0v) is 16.4. The molecule has 0 aliphatic carbocycles. The molecule has 0 bridgehead atoms. The maximum atomic E-state index is 12.6. The molecule has 156 valence electrons. The van der Waals surface area contributed by atoms with Crippen molar-refractivity contribution < 1.29 is 31.2 Å². The molecule has 2 N–H and O–H groups in total. The average molecular weight is 428 g/mol. The van der Waals surface area contributed by atoms with Crippen LogP contribution in [0.2, 0.25) is 0 Å². The maximum absolute atomic E-state index is 12.6. The monoisotopic (exact) mass is 428 g/mol. The summed E-state index contributed by atoms with van der Waals surface area (Å²) >= 11 is 0. The summed E-state index contributed by atoms with van der Waals surface area (Å²) in [7, 11) is -3.39. The number of alkyl halides is 3. The van der Waals surface area contributed by atoms with E-state index in [1.165, 1.54) is 36.4 Å². The molecule has 0 radical (unpaired) electrons. The normalized spacial score (nSPS) is 12.9. The Balaban J connectivity index is 1.90. The smallest absolute Gasteiger partial charge is 0.273 e. The summed E-state index contributed by atoms with van der Waals surface area (Å²) in [4.78, 5) is 24.2. The molecule has 0 aromatic heterocycles. The molecule has 1 unspecified atom stereocenters. The first-order chi connectivity index (χ1) is 13.4. The molecular formula is C19H19F3N2O4S. The van der Waals surface area contributed by atoms with Crippen molar-refractivity contribution in [1.29, 1.82) is 0 Å². The van der Waals surface area contributed by atoms with E-state index in [1.807, 2.05) is 0 Å². The summed E-state index contributed by atoms with van der Waals surface area (Å²) < 4.78 is 60.5. The van der Waals surface area contributed by atoms with Crippen LogP contribution in [0.1, 0.15) is 28.4 Å². The predicted molar refractivity (Wildman–Crippen MR) is 99.5 cm³/mol. The Morgan fingerprint density at radius 3 is 2.00 bits per heavy atom. The molecular weight excluding hydrogens is 409 g/mol. The van der Waals surface area contributed by atoms with Crippen molar-refractivity contribution >= 4 is 21.7 Å². The van der Waals surface area contributed by atoms with E-state index in [0.29, 0.717) is 5.56 Å². The Kier molecular flexibility index (Phi) is 6.68. The van der Waals surface area contributed by atoms with Gasteiger partial charge in [-0.3, -0.25) is 20.4 Å². The molecule has 10 heteroatoms. The van der Waals surface area contributed by atoms with Crippen LogP contribution in [0.3, 0.4) is 0 Å². The van der Waals surface area contributed by atoms with Gasteiger partial charge in [-0.2, -0.15) is 13.2 Å². The van der Waals surface area contributed by atoms with Crippen LogP contribution in [0.5, 0.6) is 0 Å². The van der Waals surface area contributed by atoms with Gasteiger partial charge in [0.15, 0.2) is 9.84 Å². The summed E-state index contributed by atoms with van der Waals surface area (Å²) in [6, 6.07) is 9.67. The zero-order chi connectivity index (χ0) is 21.8. The SMILES string of the molecule is CC(Cc1ccc(C(F)(F)F)cc1)C(=O)NNC(=O)c1ccc(S(C)(=O)=O)cc1. The number of rotatable bonds is 5. The number of halogens is 3. The molecule has 2 aromatic carbocycles. The number of amides is 2. The average Bonchev–Trinajstić information content (AvgIpc) is 2.65. The van der Waals surface area contributed by atoms with Crippen LogP contribution in [0.25, 0.3) is 0 Å². The van der Waals surface area contributed by atoms with Gasteiger partial charge in [0.1, 0.15) is 0 Å². The van der Waals surface area contributed by atoms with Gasteiger partial charge >= 0.3 is 6.18 Å². The maximum Gasteiger partial charge on any atom is 0.416 e. The van der Waals surface area contributed by atoms with Crippen LogP contribution < -0.4 is 10.9 Å². The Morgan fingerprint density at radius 1 is 0.966 bits per heavy atom. The van der Waals surface area contributed by atoms with Crippen LogP contribution in [0.4, 0.5) is 13.2 Å². The van der Waals surface area contributed by atoms with Gasteiger partial charge in [-0.05, 0) is 48.4 Å². The Labute approximate surface area is 166 Å². The second-order valence-corrected chi connectivity index (χ2v) is 8.56. The van der Waals surface area contributed by atoms with E-state index in [1.54, 1.807) is 6.92 Å². The van der Waals surface area contributed by atoms with Gasteiger partial charge in [0.05, 0.1) is 10.5 Å². The van der Waals surface area contributed by atoms with Gasteiger partial charge in [0, 0.05) is 17.7 Å². The summed E-state index contributed by atoms with van der Waals surface area (Å²) in [6.45, 7) is 1.57. The second kappa shape index (κ2) is 8.64. The number of carbonyl (C=O) groups is 2. The molecule has 0 saturated heterocycles. The minimum Gasteiger partial charge on any atom is -0.273 e. The lowest BCUT2D eigenvalue weighted by molar-refractivity contribution is -0.137. The highest BCUT2D eigenvalue weighted by atomic mass is 32.2. The van der Waals surface area contributed by atoms with Crippen molar-refractivity contribution in [3.05, 3.63) is 65.2 Å². The van der Waals surface area contributed by atoms with E-state index < -0.39 is 39.3 Å². The number of hydrazine groups is 1. The zero-order valence-electron chi connectivity index (χ0n) is 15.6. The summed E-state index contributed by atoms with van der Waals surface area (Å²) in [5.41, 5.74) is 4.38. The standard InChI is InChI=1S/C19H19F3N2O4S/c1-12(11-13-3-7-15(8-4-13)19(20,21)22)17(25)23-24-18(26)14-5-9-16(10-6-14)29(2,27)28/h3-10,12H,11H2,1-2H3,(H,23,25)(H,24,26). The van der Waals surface area contributed by atoms with E-state index in [9.17, 15) is 31.2 Å². The lowest BCUT2D eigenvalue weighted by Gasteiger charge is -2.14. The summed E-state index contributed by atoms with van der Waals surface area (Å²) in [6.07, 6.45) is -3.20. The first-order valence-electron chi connectivity index (χ1n) is 8.44. The van der Waals surface area contributed by atoms with Crippen molar-refractivity contribution in [2.24, 2.45) is 5.92 Å². The first kappa shape index (κ1) is 22.4. The third-order valence-electron chi connectivity index (χ3n) is 4.11. The van der Waals surface area contributed by atoms with Crippen molar-refractivity contribution in [2.45, 2.75) is 24.4 Å². The topological polar surface area (TPSA) is 92.3 Å². The highest BCUT2D eigenvalue weighted by Gasteiger charge is 2.30. The van der Waals surface area contributed by atoms with Gasteiger partial charge in [0.2, 0.25) is 5.91 Å². The largest absolute Gasteiger partial charge is 0.416 e. The number of nitrogens with one attached hydrogen (secondary N) is 2. The number of benzene rings is 2. The highest BCUT2D eigenvalue weighted by Crippen LogP contribution is 2.29. The molecule has 29 heavy (non-hydrogen) atoms. The molecule has 2 aromatic rings. The molecule has 0 heterocycles. The summed E-state index contributed by atoms with van der Waals surface area (Å²) in [5, 5.41) is 0. The molecule has 1 atom stereocenters. The van der Waals surface area contributed by atoms with Gasteiger partial charge in [0.25, 0.3) is 5.91 Å². The van der Waals surface area contributed by atoms with Crippen molar-refractivity contribution in [1.82, 2.24) is 10.9 Å². The van der Waals surface area contributed by atoms with E-state index >= 15 is 0 Å². The predicted octanol–water partition coefficient (Wildman–Crippen LogP) is 2.75.